The summed E-state index contributed by atoms with van der Waals surface area (Å²) in [5.74, 6) is -1.66. The van der Waals surface area contributed by atoms with Gasteiger partial charge in [-0.3, -0.25) is 4.79 Å². The van der Waals surface area contributed by atoms with Crippen molar-refractivity contribution in [2.45, 2.75) is 18.6 Å². The predicted molar refractivity (Wildman–Crippen MR) is 83.4 cm³/mol. The summed E-state index contributed by atoms with van der Waals surface area (Å²) < 4.78 is 32.0. The number of likely N-dealkylation sites (tertiary alicyclic amines) is 1. The second kappa shape index (κ2) is 6.97. The molecule has 6 heteroatoms. The van der Waals surface area contributed by atoms with Gasteiger partial charge in [-0.15, -0.1) is 0 Å². The van der Waals surface area contributed by atoms with Gasteiger partial charge in [-0.2, -0.15) is 0 Å². The van der Waals surface area contributed by atoms with Crippen LogP contribution in [0.25, 0.3) is 0 Å². The van der Waals surface area contributed by atoms with Crippen molar-refractivity contribution in [2.75, 3.05) is 13.2 Å². The third kappa shape index (κ3) is 3.54. The normalized spacial score (nSPS) is 20.2. The number of ether oxygens (including phenoxy) is 1. The van der Waals surface area contributed by atoms with E-state index in [0.29, 0.717) is 11.3 Å². The summed E-state index contributed by atoms with van der Waals surface area (Å²) in [6, 6.07) is 11.9. The number of β-amino-alcohol motifs (C(OH)–C–C–N with tert-alkyl or cyclic N) is 1. The average molecular weight is 333 g/mol. The number of carbonyl (C=O) groups is 1. The van der Waals surface area contributed by atoms with Crippen LogP contribution >= 0.6 is 0 Å². The molecule has 0 unspecified atom stereocenters. The van der Waals surface area contributed by atoms with Gasteiger partial charge in [0.1, 0.15) is 5.75 Å². The Morgan fingerprint density at radius 3 is 2.62 bits per heavy atom. The van der Waals surface area contributed by atoms with E-state index in [1.807, 2.05) is 6.07 Å². The van der Waals surface area contributed by atoms with E-state index in [-0.39, 0.29) is 25.5 Å². The first kappa shape index (κ1) is 16.4. The maximum atomic E-state index is 13.5. The van der Waals surface area contributed by atoms with Gasteiger partial charge in [-0.1, -0.05) is 24.3 Å². The molecule has 3 rings (SSSR count). The molecule has 24 heavy (non-hydrogen) atoms. The summed E-state index contributed by atoms with van der Waals surface area (Å²) in [5.41, 5.74) is 0.457. The van der Waals surface area contributed by atoms with Gasteiger partial charge in [0.25, 0.3) is 5.91 Å². The smallest absolute Gasteiger partial charge is 0.261 e. The summed E-state index contributed by atoms with van der Waals surface area (Å²) in [4.78, 5) is 13.9. The van der Waals surface area contributed by atoms with Gasteiger partial charge >= 0.3 is 0 Å². The van der Waals surface area contributed by atoms with E-state index in [9.17, 15) is 18.7 Å². The molecule has 4 nitrogen and oxygen atoms in total. The minimum Gasteiger partial charge on any atom is -0.484 e. The number of rotatable bonds is 4. The highest BCUT2D eigenvalue weighted by Crippen LogP contribution is 2.33. The summed E-state index contributed by atoms with van der Waals surface area (Å²) in [7, 11) is 0. The van der Waals surface area contributed by atoms with E-state index < -0.39 is 23.8 Å². The Bertz CT molecular complexity index is 723. The van der Waals surface area contributed by atoms with Gasteiger partial charge in [0, 0.05) is 6.54 Å². The van der Waals surface area contributed by atoms with E-state index in [1.54, 1.807) is 24.3 Å². The van der Waals surface area contributed by atoms with Gasteiger partial charge < -0.3 is 14.7 Å². The molecule has 1 saturated heterocycles. The van der Waals surface area contributed by atoms with Crippen molar-refractivity contribution in [3.05, 3.63) is 65.7 Å². The topological polar surface area (TPSA) is 49.8 Å². The molecule has 0 bridgehead atoms. The maximum absolute atomic E-state index is 13.5. The van der Waals surface area contributed by atoms with Crippen LogP contribution < -0.4 is 4.74 Å². The zero-order chi connectivity index (χ0) is 17.1. The number of hydrogen-bond acceptors (Lipinski definition) is 3. The second-order valence-electron chi connectivity index (χ2n) is 5.73. The van der Waals surface area contributed by atoms with E-state index in [2.05, 4.69) is 0 Å². The minimum absolute atomic E-state index is 0.140. The number of aliphatic hydroxyl groups excluding tert-OH is 1. The van der Waals surface area contributed by atoms with Crippen LogP contribution in [-0.4, -0.2) is 35.2 Å². The van der Waals surface area contributed by atoms with Crippen LogP contribution in [0.4, 0.5) is 8.78 Å². The molecular weight excluding hydrogens is 316 g/mol. The summed E-state index contributed by atoms with van der Waals surface area (Å²) in [5, 5.41) is 9.89. The summed E-state index contributed by atoms with van der Waals surface area (Å²) >= 11 is 0. The van der Waals surface area contributed by atoms with Crippen LogP contribution in [-0.2, 0) is 4.79 Å². The fourth-order valence-electron chi connectivity index (χ4n) is 2.87. The van der Waals surface area contributed by atoms with Crippen molar-refractivity contribution in [1.82, 2.24) is 4.90 Å². The van der Waals surface area contributed by atoms with Crippen molar-refractivity contribution in [1.29, 1.82) is 0 Å². The lowest BCUT2D eigenvalue weighted by molar-refractivity contribution is -0.134. The number of aliphatic hydroxyl groups is 1. The quantitative estimate of drug-likeness (QED) is 0.936. The highest BCUT2D eigenvalue weighted by molar-refractivity contribution is 5.78. The van der Waals surface area contributed by atoms with Gasteiger partial charge in [0.15, 0.2) is 18.2 Å². The van der Waals surface area contributed by atoms with Gasteiger partial charge in [0.05, 0.1) is 12.1 Å². The Morgan fingerprint density at radius 2 is 1.92 bits per heavy atom. The molecule has 2 atom stereocenters. The second-order valence-corrected chi connectivity index (χ2v) is 5.73. The first-order valence-electron chi connectivity index (χ1n) is 7.65. The van der Waals surface area contributed by atoms with Gasteiger partial charge in [-0.05, 0) is 36.2 Å². The number of benzene rings is 2. The van der Waals surface area contributed by atoms with Crippen LogP contribution in [0.15, 0.2) is 48.5 Å². The van der Waals surface area contributed by atoms with Crippen LogP contribution in [0.5, 0.6) is 5.75 Å². The Hall–Kier alpha value is -2.47. The first-order chi connectivity index (χ1) is 11.5. The fraction of sp³-hybridized carbons (Fsp3) is 0.278. The van der Waals surface area contributed by atoms with Crippen LogP contribution in [0.1, 0.15) is 18.0 Å². The molecule has 0 radical (unpaired) electrons. The molecule has 1 fully saturated rings. The minimum atomic E-state index is -0.971. The molecule has 126 valence electrons. The molecule has 1 heterocycles. The SMILES string of the molecule is O=C(COc1ccccc1)N1C[C@H](O)C[C@@H]1c1ccc(F)c(F)c1. The molecule has 1 amide bonds. The van der Waals surface area contributed by atoms with Crippen molar-refractivity contribution in [2.24, 2.45) is 0 Å². The Kier molecular flexibility index (Phi) is 4.76. The number of halogens is 2. The van der Waals surface area contributed by atoms with Crippen LogP contribution in [0.3, 0.4) is 0 Å². The van der Waals surface area contributed by atoms with Gasteiger partial charge in [0.2, 0.25) is 0 Å². The van der Waals surface area contributed by atoms with Crippen molar-refractivity contribution in [3.8, 4) is 5.75 Å². The number of carbonyl (C=O) groups excluding carboxylic acids is 1. The lowest BCUT2D eigenvalue weighted by atomic mass is 10.0. The van der Waals surface area contributed by atoms with Crippen molar-refractivity contribution in [3.63, 3.8) is 0 Å². The molecule has 2 aromatic carbocycles. The highest BCUT2D eigenvalue weighted by atomic mass is 19.2. The molecule has 1 aliphatic heterocycles. The highest BCUT2D eigenvalue weighted by Gasteiger charge is 2.35. The first-order valence-corrected chi connectivity index (χ1v) is 7.65. The van der Waals surface area contributed by atoms with Crippen molar-refractivity contribution >= 4 is 5.91 Å². The van der Waals surface area contributed by atoms with E-state index in [1.165, 1.54) is 11.0 Å². The van der Waals surface area contributed by atoms with E-state index in [0.717, 1.165) is 12.1 Å². The molecule has 2 aromatic rings. The summed E-state index contributed by atoms with van der Waals surface area (Å²) in [6.45, 7) is -0.0441. The maximum Gasteiger partial charge on any atom is 0.261 e. The third-order valence-corrected chi connectivity index (χ3v) is 4.03. The average Bonchev–Trinajstić information content (AvgIpc) is 2.98. The Labute approximate surface area is 138 Å². The van der Waals surface area contributed by atoms with Crippen molar-refractivity contribution < 1.29 is 23.4 Å². The zero-order valence-corrected chi connectivity index (χ0v) is 12.9. The Balaban J connectivity index is 1.72. The third-order valence-electron chi connectivity index (χ3n) is 4.03. The van der Waals surface area contributed by atoms with Crippen LogP contribution in [0, 0.1) is 11.6 Å². The molecule has 0 saturated carbocycles. The number of amides is 1. The predicted octanol–water partition coefficient (Wildman–Crippen LogP) is 2.68. The standard InChI is InChI=1S/C18H17F2NO3/c19-15-7-6-12(8-16(15)20)17-9-13(22)10-21(17)18(23)11-24-14-4-2-1-3-5-14/h1-8,13,17,22H,9-11H2/t13-,17-/m1/s1. The Morgan fingerprint density at radius 1 is 1.17 bits per heavy atom. The molecule has 0 spiro atoms. The number of para-hydroxylation sites is 1. The van der Waals surface area contributed by atoms with E-state index >= 15 is 0 Å². The lowest BCUT2D eigenvalue weighted by Crippen LogP contribution is -2.35. The van der Waals surface area contributed by atoms with E-state index in [4.69, 9.17) is 4.74 Å². The molecule has 1 N–H and O–H groups in total. The summed E-state index contributed by atoms with van der Waals surface area (Å²) in [6.07, 6.45) is -0.425. The molecule has 0 aromatic heterocycles. The molecular formula is C18H17F2NO3. The largest absolute Gasteiger partial charge is 0.484 e. The molecule has 0 aliphatic carbocycles. The van der Waals surface area contributed by atoms with Crippen LogP contribution in [0.2, 0.25) is 0 Å². The number of nitrogens with zero attached hydrogens (tertiary/aromatic N) is 1. The van der Waals surface area contributed by atoms with Gasteiger partial charge in [-0.25, -0.2) is 8.78 Å². The number of hydrogen-bond donors (Lipinski definition) is 1. The zero-order valence-electron chi connectivity index (χ0n) is 12.9. The lowest BCUT2D eigenvalue weighted by Gasteiger charge is -2.25. The monoisotopic (exact) mass is 333 g/mol. The molecule has 1 aliphatic rings. The fourth-order valence-corrected chi connectivity index (χ4v) is 2.87.